The van der Waals surface area contributed by atoms with Crippen molar-refractivity contribution in [1.29, 1.82) is 0 Å². The van der Waals surface area contributed by atoms with Crippen LogP contribution in [0, 0.1) is 11.8 Å². The molecule has 1 aliphatic rings. The number of carbonyl (C=O) groups is 3. The minimum absolute atomic E-state index is 0.0308. The number of nitrogens with one attached hydrogen (secondary N) is 1. The lowest BCUT2D eigenvalue weighted by Crippen LogP contribution is -2.55. The first-order valence-electron chi connectivity index (χ1n) is 15.1. The number of hydrogen-bond donors (Lipinski definition) is 3. The second-order valence-electron chi connectivity index (χ2n) is 11.5. The fourth-order valence-electron chi connectivity index (χ4n) is 5.86. The van der Waals surface area contributed by atoms with E-state index in [1.165, 1.54) is 26.2 Å². The van der Waals surface area contributed by atoms with Gasteiger partial charge in [-0.3, -0.25) is 14.4 Å². The maximum absolute atomic E-state index is 14.1. The molecule has 0 saturated heterocycles. The Morgan fingerprint density at radius 1 is 0.809 bits per heavy atom. The summed E-state index contributed by atoms with van der Waals surface area (Å²) >= 11 is 0. The van der Waals surface area contributed by atoms with Crippen molar-refractivity contribution in [3.05, 3.63) is 131 Å². The standard InChI is InChI=1S/C37H36N2O8/c1-37(44)21-29(38-39-34(41)28-15-9-10-16-30(28)40)32(35(42)46-22-24-11-5-3-6-12-24)31(26-17-19-27(45-2)20-18-26)33(37)36(43)47-23-25-13-7-4-8-14-25/h3-20,31-33,40,44H,21-23H2,1-2H3,(H,39,41)/b38-29+/t31-,32-,33+,37+/m1/s1. The van der Waals surface area contributed by atoms with Gasteiger partial charge in [-0.1, -0.05) is 84.9 Å². The summed E-state index contributed by atoms with van der Waals surface area (Å²) in [5.74, 6) is -5.31. The average Bonchev–Trinajstić information content (AvgIpc) is 3.09. The molecule has 0 aliphatic heterocycles. The van der Waals surface area contributed by atoms with Crippen LogP contribution in [0.15, 0.2) is 114 Å². The van der Waals surface area contributed by atoms with E-state index in [4.69, 9.17) is 14.2 Å². The minimum atomic E-state index is -1.77. The van der Waals surface area contributed by atoms with Crippen LogP contribution in [0.3, 0.4) is 0 Å². The van der Waals surface area contributed by atoms with Gasteiger partial charge < -0.3 is 24.4 Å². The van der Waals surface area contributed by atoms with Crippen molar-refractivity contribution in [3.8, 4) is 11.5 Å². The number of methoxy groups -OCH3 is 1. The third kappa shape index (κ3) is 7.85. The van der Waals surface area contributed by atoms with Gasteiger partial charge in [-0.25, -0.2) is 5.43 Å². The molecule has 0 aromatic heterocycles. The Kier molecular flexibility index (Phi) is 10.3. The Hall–Kier alpha value is -5.48. The lowest BCUT2D eigenvalue weighted by Gasteiger charge is -2.45. The summed E-state index contributed by atoms with van der Waals surface area (Å²) in [5.41, 5.74) is 2.73. The Balaban J connectivity index is 1.56. The van der Waals surface area contributed by atoms with E-state index < -0.39 is 41.2 Å². The fourth-order valence-corrected chi connectivity index (χ4v) is 5.86. The molecule has 0 spiro atoms. The van der Waals surface area contributed by atoms with Gasteiger partial charge in [-0.15, -0.1) is 0 Å². The van der Waals surface area contributed by atoms with Crippen molar-refractivity contribution in [3.63, 3.8) is 0 Å². The lowest BCUT2D eigenvalue weighted by atomic mass is 9.61. The first kappa shape index (κ1) is 32.9. The molecule has 1 fully saturated rings. The van der Waals surface area contributed by atoms with Crippen LogP contribution >= 0.6 is 0 Å². The normalized spacial score (nSPS) is 21.4. The molecule has 10 nitrogen and oxygen atoms in total. The molecule has 0 heterocycles. The molecule has 3 N–H and O–H groups in total. The number of hydrogen-bond acceptors (Lipinski definition) is 9. The van der Waals surface area contributed by atoms with Crippen LogP contribution in [-0.4, -0.2) is 46.5 Å². The van der Waals surface area contributed by atoms with Crippen LogP contribution in [-0.2, 0) is 32.3 Å². The summed E-state index contributed by atoms with van der Waals surface area (Å²) in [5, 5.41) is 26.4. The van der Waals surface area contributed by atoms with Crippen LogP contribution in [0.4, 0.5) is 0 Å². The van der Waals surface area contributed by atoms with Gasteiger partial charge >= 0.3 is 11.9 Å². The van der Waals surface area contributed by atoms with Gasteiger partial charge in [0.1, 0.15) is 30.6 Å². The molecule has 4 aromatic carbocycles. The smallest absolute Gasteiger partial charge is 0.315 e. The minimum Gasteiger partial charge on any atom is -0.507 e. The number of phenolic OH excluding ortho intramolecular Hbond substituents is 1. The third-order valence-corrected chi connectivity index (χ3v) is 8.19. The summed E-state index contributed by atoms with van der Waals surface area (Å²) in [4.78, 5) is 41.1. The molecule has 5 rings (SSSR count). The van der Waals surface area contributed by atoms with Crippen LogP contribution in [0.2, 0.25) is 0 Å². The van der Waals surface area contributed by atoms with E-state index in [-0.39, 0.29) is 36.7 Å². The van der Waals surface area contributed by atoms with Crippen molar-refractivity contribution >= 4 is 23.6 Å². The predicted octanol–water partition coefficient (Wildman–Crippen LogP) is 5.14. The highest BCUT2D eigenvalue weighted by atomic mass is 16.5. The van der Waals surface area contributed by atoms with Gasteiger partial charge in [0, 0.05) is 12.3 Å². The zero-order valence-corrected chi connectivity index (χ0v) is 26.0. The first-order valence-corrected chi connectivity index (χ1v) is 15.1. The number of benzene rings is 4. The van der Waals surface area contributed by atoms with Crippen LogP contribution in [0.1, 0.15) is 46.3 Å². The molecule has 242 valence electrons. The average molecular weight is 637 g/mol. The maximum atomic E-state index is 14.1. The van der Waals surface area contributed by atoms with Gasteiger partial charge in [0.05, 0.1) is 29.9 Å². The molecule has 1 saturated carbocycles. The SMILES string of the molecule is COc1ccc([C@@H]2[C@H](C(=O)OCc3ccccc3)/C(=N/NC(=O)c3ccccc3O)C[C@](C)(O)[C@@H]2C(=O)OCc2ccccc2)cc1. The van der Waals surface area contributed by atoms with Gasteiger partial charge in [0.15, 0.2) is 0 Å². The zero-order chi connectivity index (χ0) is 33.4. The van der Waals surface area contributed by atoms with E-state index >= 15 is 0 Å². The molecular weight excluding hydrogens is 600 g/mol. The Labute approximate surface area is 272 Å². The van der Waals surface area contributed by atoms with E-state index in [9.17, 15) is 24.6 Å². The quantitative estimate of drug-likeness (QED) is 0.160. The highest BCUT2D eigenvalue weighted by Gasteiger charge is 2.56. The van der Waals surface area contributed by atoms with Gasteiger partial charge in [0.25, 0.3) is 5.91 Å². The molecule has 0 radical (unpaired) electrons. The fraction of sp³-hybridized carbons (Fsp3) is 0.243. The molecule has 47 heavy (non-hydrogen) atoms. The number of ether oxygens (including phenoxy) is 3. The maximum Gasteiger partial charge on any atom is 0.315 e. The predicted molar refractivity (Wildman–Crippen MR) is 173 cm³/mol. The molecule has 4 aromatic rings. The van der Waals surface area contributed by atoms with E-state index in [0.717, 1.165) is 11.1 Å². The Morgan fingerprint density at radius 2 is 1.36 bits per heavy atom. The first-order chi connectivity index (χ1) is 22.7. The topological polar surface area (TPSA) is 144 Å². The number of para-hydroxylation sites is 1. The summed E-state index contributed by atoms with van der Waals surface area (Å²) in [6, 6.07) is 31.0. The largest absolute Gasteiger partial charge is 0.507 e. The number of amides is 1. The van der Waals surface area contributed by atoms with Gasteiger partial charge in [-0.05, 0) is 47.9 Å². The van der Waals surface area contributed by atoms with Crippen molar-refractivity contribution < 1.29 is 38.8 Å². The number of carbonyl (C=O) groups excluding carboxylic acids is 3. The summed E-state index contributed by atoms with van der Waals surface area (Å²) < 4.78 is 16.9. The van der Waals surface area contributed by atoms with E-state index in [2.05, 4.69) is 10.5 Å². The second-order valence-corrected chi connectivity index (χ2v) is 11.5. The molecule has 0 unspecified atom stereocenters. The summed E-state index contributed by atoms with van der Waals surface area (Å²) in [7, 11) is 1.52. The van der Waals surface area contributed by atoms with Crippen molar-refractivity contribution in [2.24, 2.45) is 16.9 Å². The van der Waals surface area contributed by atoms with Crippen LogP contribution in [0.5, 0.6) is 11.5 Å². The molecular formula is C37H36N2O8. The van der Waals surface area contributed by atoms with Gasteiger partial charge in [0.2, 0.25) is 0 Å². The van der Waals surface area contributed by atoms with Crippen molar-refractivity contribution in [2.75, 3.05) is 7.11 Å². The highest BCUT2D eigenvalue weighted by Crippen LogP contribution is 2.47. The number of hydrazone groups is 1. The second kappa shape index (κ2) is 14.7. The summed E-state index contributed by atoms with van der Waals surface area (Å²) in [6.07, 6.45) is -0.267. The molecule has 0 bridgehead atoms. The van der Waals surface area contributed by atoms with Gasteiger partial charge in [-0.2, -0.15) is 5.10 Å². The van der Waals surface area contributed by atoms with E-state index in [1.807, 2.05) is 60.7 Å². The van der Waals surface area contributed by atoms with Crippen molar-refractivity contribution in [2.45, 2.75) is 38.1 Å². The number of aromatic hydroxyl groups is 1. The number of esters is 2. The Bertz CT molecular complexity index is 1720. The lowest BCUT2D eigenvalue weighted by molar-refractivity contribution is -0.165. The number of aliphatic hydroxyl groups is 1. The number of nitrogens with zero attached hydrogens (tertiary/aromatic N) is 1. The van der Waals surface area contributed by atoms with E-state index in [1.54, 1.807) is 36.4 Å². The van der Waals surface area contributed by atoms with E-state index in [0.29, 0.717) is 11.3 Å². The molecule has 10 heteroatoms. The highest BCUT2D eigenvalue weighted by molar-refractivity contribution is 6.06. The third-order valence-electron chi connectivity index (χ3n) is 8.19. The summed E-state index contributed by atoms with van der Waals surface area (Å²) in [6.45, 7) is 1.38. The monoisotopic (exact) mass is 636 g/mol. The molecule has 4 atom stereocenters. The Morgan fingerprint density at radius 3 is 1.94 bits per heavy atom. The van der Waals surface area contributed by atoms with Crippen LogP contribution in [0.25, 0.3) is 0 Å². The molecule has 1 amide bonds. The van der Waals surface area contributed by atoms with Crippen molar-refractivity contribution in [1.82, 2.24) is 5.43 Å². The number of phenols is 1. The van der Waals surface area contributed by atoms with Crippen LogP contribution < -0.4 is 10.2 Å². The zero-order valence-electron chi connectivity index (χ0n) is 26.0. The molecule has 1 aliphatic carbocycles. The number of rotatable bonds is 10.